The van der Waals surface area contributed by atoms with Crippen molar-refractivity contribution in [3.8, 4) is 11.3 Å². The summed E-state index contributed by atoms with van der Waals surface area (Å²) in [5, 5.41) is 0. The summed E-state index contributed by atoms with van der Waals surface area (Å²) in [6.45, 7) is 6.34. The monoisotopic (exact) mass is 371 g/mol. The van der Waals surface area contributed by atoms with Crippen LogP contribution < -0.4 is 5.73 Å². The Morgan fingerprint density at radius 3 is 2.46 bits per heavy atom. The predicted octanol–water partition coefficient (Wildman–Crippen LogP) is 5.88. The van der Waals surface area contributed by atoms with Crippen molar-refractivity contribution >= 4 is 11.2 Å². The summed E-state index contributed by atoms with van der Waals surface area (Å²) in [7, 11) is 0. The third-order valence-corrected chi connectivity index (χ3v) is 6.00. The molecular formula is C25H29N3. The van der Waals surface area contributed by atoms with Crippen molar-refractivity contribution in [2.75, 3.05) is 0 Å². The lowest BCUT2D eigenvalue weighted by Gasteiger charge is -2.38. The van der Waals surface area contributed by atoms with Crippen LogP contribution in [0.4, 0.5) is 0 Å². The fourth-order valence-electron chi connectivity index (χ4n) is 4.20. The summed E-state index contributed by atoms with van der Waals surface area (Å²) in [6, 6.07) is 15.1. The number of rotatable bonds is 5. The topological polar surface area (TPSA) is 43.3 Å². The van der Waals surface area contributed by atoms with Crippen LogP contribution in [0.1, 0.15) is 57.0 Å². The molecule has 1 aromatic carbocycles. The number of nitrogens with two attached hydrogens (primary N) is 1. The Morgan fingerprint density at radius 1 is 1.14 bits per heavy atom. The summed E-state index contributed by atoms with van der Waals surface area (Å²) >= 11 is 0. The van der Waals surface area contributed by atoms with Crippen LogP contribution >= 0.6 is 0 Å². The van der Waals surface area contributed by atoms with Crippen molar-refractivity contribution in [2.24, 2.45) is 5.73 Å². The smallest absolute Gasteiger partial charge is 0.138 e. The summed E-state index contributed by atoms with van der Waals surface area (Å²) in [5.74, 6) is 0. The van der Waals surface area contributed by atoms with Crippen molar-refractivity contribution in [2.45, 2.75) is 52.0 Å². The molecule has 0 amide bonds. The van der Waals surface area contributed by atoms with Crippen LogP contribution in [0.15, 0.2) is 60.7 Å². The number of benzene rings is 1. The molecule has 3 aromatic rings. The normalized spacial score (nSPS) is 16.6. The second-order valence-electron chi connectivity index (χ2n) is 7.70. The van der Waals surface area contributed by atoms with Crippen molar-refractivity contribution in [1.29, 1.82) is 0 Å². The largest absolute Gasteiger partial charge is 0.321 e. The highest BCUT2D eigenvalue weighted by Gasteiger charge is 2.34. The van der Waals surface area contributed by atoms with E-state index in [9.17, 15) is 0 Å². The third-order valence-electron chi connectivity index (χ3n) is 6.00. The molecule has 2 aromatic heterocycles. The summed E-state index contributed by atoms with van der Waals surface area (Å²) in [4.78, 5) is 5.03. The zero-order chi connectivity index (χ0) is 19.7. The Kier molecular flexibility index (Phi) is 4.94. The van der Waals surface area contributed by atoms with Crippen molar-refractivity contribution in [3.05, 3.63) is 77.6 Å². The Labute approximate surface area is 167 Å². The van der Waals surface area contributed by atoms with Gasteiger partial charge in [-0.1, -0.05) is 55.5 Å². The molecule has 3 heteroatoms. The zero-order valence-electron chi connectivity index (χ0n) is 17.1. The van der Waals surface area contributed by atoms with Gasteiger partial charge in [0.2, 0.25) is 0 Å². The minimum Gasteiger partial charge on any atom is -0.321 e. The van der Waals surface area contributed by atoms with E-state index < -0.39 is 0 Å². The fourth-order valence-corrected chi connectivity index (χ4v) is 4.20. The second kappa shape index (κ2) is 7.40. The molecule has 0 unspecified atom stereocenters. The van der Waals surface area contributed by atoms with Gasteiger partial charge in [-0.25, -0.2) is 4.98 Å². The van der Waals surface area contributed by atoms with Gasteiger partial charge in [0.1, 0.15) is 5.65 Å². The number of aromatic nitrogens is 2. The van der Waals surface area contributed by atoms with Gasteiger partial charge < -0.3 is 5.73 Å². The predicted molar refractivity (Wildman–Crippen MR) is 118 cm³/mol. The average molecular weight is 372 g/mol. The third kappa shape index (κ3) is 3.00. The van der Waals surface area contributed by atoms with Gasteiger partial charge in [0.25, 0.3) is 0 Å². The fraction of sp³-hybridized carbons (Fsp3) is 0.320. The van der Waals surface area contributed by atoms with E-state index in [1.54, 1.807) is 0 Å². The summed E-state index contributed by atoms with van der Waals surface area (Å²) < 4.78 is 2.30. The number of pyridine rings is 1. The number of aryl methyl sites for hydroxylation is 1. The molecular weight excluding hydrogens is 342 g/mol. The Bertz CT molecular complexity index is 1050. The molecule has 28 heavy (non-hydrogen) atoms. The molecule has 3 nitrogen and oxygen atoms in total. The lowest BCUT2D eigenvalue weighted by Crippen LogP contribution is -2.43. The maximum absolute atomic E-state index is 6.51. The van der Waals surface area contributed by atoms with Crippen LogP contribution in [-0.4, -0.2) is 9.38 Å². The molecule has 0 spiro atoms. The maximum Gasteiger partial charge on any atom is 0.138 e. The minimum absolute atomic E-state index is 0.130. The maximum atomic E-state index is 6.51. The molecule has 0 bridgehead atoms. The van der Waals surface area contributed by atoms with E-state index in [1.807, 2.05) is 0 Å². The molecule has 0 saturated heterocycles. The number of hydrogen-bond donors (Lipinski definition) is 1. The molecule has 2 N–H and O–H groups in total. The Morgan fingerprint density at radius 2 is 1.89 bits per heavy atom. The van der Waals surface area contributed by atoms with Crippen molar-refractivity contribution < 1.29 is 0 Å². The molecule has 1 aliphatic carbocycles. The number of imidazole rings is 1. The lowest BCUT2D eigenvalue weighted by atomic mass is 9.72. The molecule has 1 saturated carbocycles. The molecule has 0 atom stereocenters. The van der Waals surface area contributed by atoms with E-state index in [4.69, 9.17) is 10.7 Å². The zero-order valence-corrected chi connectivity index (χ0v) is 17.1. The highest BCUT2D eigenvalue weighted by atomic mass is 15.0. The van der Waals surface area contributed by atoms with Gasteiger partial charge in [0, 0.05) is 16.8 Å². The van der Waals surface area contributed by atoms with E-state index >= 15 is 0 Å². The van der Waals surface area contributed by atoms with Crippen LogP contribution in [0.3, 0.4) is 0 Å². The van der Waals surface area contributed by atoms with Crippen LogP contribution in [0.25, 0.3) is 22.5 Å². The molecule has 0 aliphatic heterocycles. The number of fused-ring (bicyclic) bond motifs is 1. The van der Waals surface area contributed by atoms with Gasteiger partial charge in [-0.05, 0) is 62.8 Å². The lowest BCUT2D eigenvalue weighted by molar-refractivity contribution is 0.253. The van der Waals surface area contributed by atoms with Crippen LogP contribution in [0.2, 0.25) is 0 Å². The Hall–Kier alpha value is -2.65. The van der Waals surface area contributed by atoms with E-state index in [0.717, 1.165) is 41.9 Å². The van der Waals surface area contributed by atoms with Gasteiger partial charge in [-0.2, -0.15) is 0 Å². The molecule has 144 valence electrons. The number of nitrogens with zero attached hydrogens (tertiary/aromatic N) is 2. The SMILES string of the molecule is C/C=C\C(=C/C)c1c(-c2ccc(C3(N)CCC3)cc2)nc2cccc(CC)n12. The first-order valence-electron chi connectivity index (χ1n) is 10.3. The highest BCUT2D eigenvalue weighted by molar-refractivity contribution is 5.84. The number of hydrogen-bond acceptors (Lipinski definition) is 2. The average Bonchev–Trinajstić information content (AvgIpc) is 3.10. The highest BCUT2D eigenvalue weighted by Crippen LogP contribution is 2.39. The van der Waals surface area contributed by atoms with Gasteiger partial charge in [-0.15, -0.1) is 0 Å². The summed E-state index contributed by atoms with van der Waals surface area (Å²) in [6.07, 6.45) is 10.8. The second-order valence-corrected chi connectivity index (χ2v) is 7.70. The molecule has 4 rings (SSSR count). The van der Waals surface area contributed by atoms with E-state index in [2.05, 4.69) is 85.9 Å². The number of allylic oxidation sites excluding steroid dienone is 4. The van der Waals surface area contributed by atoms with Crippen LogP contribution in [0.5, 0.6) is 0 Å². The van der Waals surface area contributed by atoms with Gasteiger partial charge in [0.05, 0.1) is 11.4 Å². The molecule has 0 radical (unpaired) electrons. The van der Waals surface area contributed by atoms with E-state index in [-0.39, 0.29) is 5.54 Å². The first-order chi connectivity index (χ1) is 13.6. The van der Waals surface area contributed by atoms with Gasteiger partial charge in [-0.3, -0.25) is 4.40 Å². The van der Waals surface area contributed by atoms with E-state index in [1.165, 1.54) is 23.3 Å². The summed E-state index contributed by atoms with van der Waals surface area (Å²) in [5.41, 5.74) is 14.4. The van der Waals surface area contributed by atoms with Crippen molar-refractivity contribution in [3.63, 3.8) is 0 Å². The van der Waals surface area contributed by atoms with Crippen LogP contribution in [-0.2, 0) is 12.0 Å². The van der Waals surface area contributed by atoms with Crippen LogP contribution in [0, 0.1) is 0 Å². The first-order valence-corrected chi connectivity index (χ1v) is 10.3. The Balaban J connectivity index is 1.91. The quantitative estimate of drug-likeness (QED) is 0.569. The standard InChI is InChI=1S/C25H29N3/c1-4-9-18(5-2)24-23(27-22-11-7-10-21(6-3)28(22)24)19-12-14-20(15-13-19)25(26)16-8-17-25/h4-5,7,9-15H,6,8,16-17,26H2,1-3H3/b9-4-,18-5+. The first kappa shape index (κ1) is 18.7. The molecule has 1 aliphatic rings. The molecule has 1 fully saturated rings. The molecule has 2 heterocycles. The minimum atomic E-state index is -0.130. The van der Waals surface area contributed by atoms with Gasteiger partial charge >= 0.3 is 0 Å². The van der Waals surface area contributed by atoms with E-state index in [0.29, 0.717) is 0 Å². The van der Waals surface area contributed by atoms with Gasteiger partial charge in [0.15, 0.2) is 0 Å². The van der Waals surface area contributed by atoms with Crippen molar-refractivity contribution in [1.82, 2.24) is 9.38 Å².